The van der Waals surface area contributed by atoms with Crippen LogP contribution in [0.4, 0.5) is 11.6 Å². The highest BCUT2D eigenvalue weighted by molar-refractivity contribution is 5.67. The number of aromatic nitrogens is 2. The number of nitrogens with zero attached hydrogens (tertiary/aromatic N) is 2. The summed E-state index contributed by atoms with van der Waals surface area (Å²) in [6.45, 7) is 0.850. The summed E-state index contributed by atoms with van der Waals surface area (Å²) in [7, 11) is 0. The van der Waals surface area contributed by atoms with Gasteiger partial charge >= 0.3 is 5.97 Å². The number of hydrogen-bond acceptors (Lipinski definition) is 6. The molecule has 2 aromatic rings. The lowest BCUT2D eigenvalue weighted by Crippen LogP contribution is -2.09. The topological polar surface area (TPSA) is 100 Å². The van der Waals surface area contributed by atoms with Crippen LogP contribution in [0, 0.1) is 0 Å². The average Bonchev–Trinajstić information content (AvgIpc) is 2.89. The van der Waals surface area contributed by atoms with Gasteiger partial charge in [0, 0.05) is 12.6 Å². The molecule has 100 valence electrons. The molecular weight excluding hydrogens is 248 g/mol. The minimum Gasteiger partial charge on any atom is -0.481 e. The molecule has 7 nitrogen and oxygen atoms in total. The van der Waals surface area contributed by atoms with Gasteiger partial charge in [-0.2, -0.15) is 0 Å². The second kappa shape index (κ2) is 6.39. The lowest BCUT2D eigenvalue weighted by Gasteiger charge is -2.06. The van der Waals surface area contributed by atoms with Crippen molar-refractivity contribution in [3.05, 3.63) is 36.5 Å². The summed E-state index contributed by atoms with van der Waals surface area (Å²) in [5.41, 5.74) is 0. The van der Waals surface area contributed by atoms with Crippen LogP contribution in [0.5, 0.6) is 0 Å². The van der Waals surface area contributed by atoms with E-state index in [1.807, 2.05) is 12.1 Å². The number of rotatable bonds is 7. The van der Waals surface area contributed by atoms with Crippen molar-refractivity contribution in [3.8, 4) is 0 Å². The zero-order chi connectivity index (χ0) is 13.5. The Balaban J connectivity index is 1.86. The van der Waals surface area contributed by atoms with Gasteiger partial charge in [0.15, 0.2) is 0 Å². The highest BCUT2D eigenvalue weighted by atomic mass is 16.4. The predicted molar refractivity (Wildman–Crippen MR) is 68.8 cm³/mol. The number of carboxylic acids is 1. The van der Waals surface area contributed by atoms with Crippen molar-refractivity contribution in [1.29, 1.82) is 0 Å². The van der Waals surface area contributed by atoms with Crippen molar-refractivity contribution in [2.24, 2.45) is 0 Å². The number of hydrogen-bond donors (Lipinski definition) is 3. The van der Waals surface area contributed by atoms with Crippen LogP contribution in [0.25, 0.3) is 0 Å². The van der Waals surface area contributed by atoms with Crippen molar-refractivity contribution >= 4 is 17.6 Å². The van der Waals surface area contributed by atoms with Gasteiger partial charge in [-0.15, -0.1) is 0 Å². The Labute approximate surface area is 109 Å². The first-order valence-electron chi connectivity index (χ1n) is 5.78. The molecule has 2 rings (SSSR count). The number of nitrogens with one attached hydrogen (secondary N) is 2. The molecule has 7 heteroatoms. The molecule has 0 aliphatic heterocycles. The van der Waals surface area contributed by atoms with Crippen LogP contribution in [0.15, 0.2) is 35.2 Å². The Morgan fingerprint density at radius 3 is 2.79 bits per heavy atom. The standard InChI is InChI=1S/C12H14N4O3/c17-12(18)3-4-13-10-6-11(16-8-15-10)14-7-9-2-1-5-19-9/h1-2,5-6,8H,3-4,7H2,(H,17,18)(H2,13,14,15,16). The maximum atomic E-state index is 10.4. The van der Waals surface area contributed by atoms with Crippen molar-refractivity contribution in [3.63, 3.8) is 0 Å². The molecule has 0 amide bonds. The van der Waals surface area contributed by atoms with E-state index in [2.05, 4.69) is 20.6 Å². The van der Waals surface area contributed by atoms with Gasteiger partial charge in [0.05, 0.1) is 19.2 Å². The van der Waals surface area contributed by atoms with E-state index in [9.17, 15) is 4.79 Å². The van der Waals surface area contributed by atoms with Crippen LogP contribution in [0.3, 0.4) is 0 Å². The smallest absolute Gasteiger partial charge is 0.305 e. The van der Waals surface area contributed by atoms with Crippen LogP contribution in [0.1, 0.15) is 12.2 Å². The Morgan fingerprint density at radius 2 is 2.11 bits per heavy atom. The molecule has 0 saturated carbocycles. The lowest BCUT2D eigenvalue weighted by atomic mass is 10.4. The molecule has 0 fully saturated rings. The van der Waals surface area contributed by atoms with Gasteiger partial charge in [0.25, 0.3) is 0 Å². The minimum absolute atomic E-state index is 0.0408. The van der Waals surface area contributed by atoms with Crippen LogP contribution < -0.4 is 10.6 Å². The summed E-state index contributed by atoms with van der Waals surface area (Å²) in [6.07, 6.45) is 3.06. The molecule has 19 heavy (non-hydrogen) atoms. The molecule has 0 aliphatic rings. The number of carbonyl (C=O) groups is 1. The fourth-order valence-corrected chi connectivity index (χ4v) is 1.44. The van der Waals surface area contributed by atoms with Gasteiger partial charge in [-0.25, -0.2) is 9.97 Å². The quantitative estimate of drug-likeness (QED) is 0.696. The van der Waals surface area contributed by atoms with Crippen LogP contribution in [-0.4, -0.2) is 27.6 Å². The first-order valence-corrected chi connectivity index (χ1v) is 5.78. The van der Waals surface area contributed by atoms with E-state index in [0.29, 0.717) is 24.7 Å². The molecule has 0 aliphatic carbocycles. The molecule has 0 bridgehead atoms. The second-order valence-corrected chi connectivity index (χ2v) is 3.79. The average molecular weight is 262 g/mol. The largest absolute Gasteiger partial charge is 0.481 e. The third kappa shape index (κ3) is 4.30. The summed E-state index contributed by atoms with van der Waals surface area (Å²) in [5.74, 6) is 1.18. The lowest BCUT2D eigenvalue weighted by molar-refractivity contribution is -0.136. The van der Waals surface area contributed by atoms with E-state index in [1.165, 1.54) is 6.33 Å². The van der Waals surface area contributed by atoms with Crippen LogP contribution in [0.2, 0.25) is 0 Å². The molecule has 0 aromatic carbocycles. The van der Waals surface area contributed by atoms with Crippen molar-refractivity contribution in [1.82, 2.24) is 9.97 Å². The Bertz CT molecular complexity index is 528. The monoisotopic (exact) mass is 262 g/mol. The Kier molecular flexibility index (Phi) is 4.33. The fourth-order valence-electron chi connectivity index (χ4n) is 1.44. The summed E-state index contributed by atoms with van der Waals surface area (Å²) in [6, 6.07) is 5.39. The van der Waals surface area contributed by atoms with Gasteiger partial charge < -0.3 is 20.2 Å². The van der Waals surface area contributed by atoms with Crippen molar-refractivity contribution in [2.75, 3.05) is 17.2 Å². The normalized spacial score (nSPS) is 10.1. The first kappa shape index (κ1) is 12.9. The van der Waals surface area contributed by atoms with Gasteiger partial charge in [-0.3, -0.25) is 4.79 Å². The van der Waals surface area contributed by atoms with E-state index in [4.69, 9.17) is 9.52 Å². The number of furan rings is 1. The minimum atomic E-state index is -0.849. The van der Waals surface area contributed by atoms with Crippen LogP contribution in [-0.2, 0) is 11.3 Å². The fraction of sp³-hybridized carbons (Fsp3) is 0.250. The maximum Gasteiger partial charge on any atom is 0.305 e. The molecule has 0 spiro atoms. The van der Waals surface area contributed by atoms with Crippen molar-refractivity contribution in [2.45, 2.75) is 13.0 Å². The zero-order valence-corrected chi connectivity index (χ0v) is 10.2. The molecule has 3 N–H and O–H groups in total. The van der Waals surface area contributed by atoms with Gasteiger partial charge in [-0.1, -0.05) is 0 Å². The molecule has 0 saturated heterocycles. The third-order valence-electron chi connectivity index (χ3n) is 2.34. The number of carboxylic acid groups (broad SMARTS) is 1. The molecule has 2 heterocycles. The highest BCUT2D eigenvalue weighted by Gasteiger charge is 2.01. The summed E-state index contributed by atoms with van der Waals surface area (Å²) >= 11 is 0. The van der Waals surface area contributed by atoms with E-state index in [0.717, 1.165) is 5.76 Å². The van der Waals surface area contributed by atoms with E-state index >= 15 is 0 Å². The Morgan fingerprint density at radius 1 is 1.32 bits per heavy atom. The van der Waals surface area contributed by atoms with E-state index in [1.54, 1.807) is 12.3 Å². The van der Waals surface area contributed by atoms with Crippen LogP contribution >= 0.6 is 0 Å². The number of anilines is 2. The highest BCUT2D eigenvalue weighted by Crippen LogP contribution is 2.10. The molecule has 2 aromatic heterocycles. The van der Waals surface area contributed by atoms with E-state index < -0.39 is 5.97 Å². The number of aliphatic carboxylic acids is 1. The summed E-state index contributed by atoms with van der Waals surface area (Å²) in [5, 5.41) is 14.5. The first-order chi connectivity index (χ1) is 9.24. The summed E-state index contributed by atoms with van der Waals surface area (Å²) < 4.78 is 5.19. The molecule has 0 radical (unpaired) electrons. The summed E-state index contributed by atoms with van der Waals surface area (Å²) in [4.78, 5) is 18.5. The molecule has 0 unspecified atom stereocenters. The SMILES string of the molecule is O=C(O)CCNc1cc(NCc2ccco2)ncn1. The van der Waals surface area contributed by atoms with Gasteiger partial charge in [-0.05, 0) is 12.1 Å². The van der Waals surface area contributed by atoms with Gasteiger partial charge in [0.2, 0.25) is 0 Å². The second-order valence-electron chi connectivity index (χ2n) is 3.79. The van der Waals surface area contributed by atoms with Crippen molar-refractivity contribution < 1.29 is 14.3 Å². The predicted octanol–water partition coefficient (Wildman–Crippen LogP) is 1.57. The van der Waals surface area contributed by atoms with Gasteiger partial charge in [0.1, 0.15) is 23.7 Å². The Hall–Kier alpha value is -2.57. The van der Waals surface area contributed by atoms with E-state index in [-0.39, 0.29) is 6.42 Å². The third-order valence-corrected chi connectivity index (χ3v) is 2.34. The molecule has 0 atom stereocenters. The zero-order valence-electron chi connectivity index (χ0n) is 10.2. The molecular formula is C12H14N4O3. The maximum absolute atomic E-state index is 10.4.